The van der Waals surface area contributed by atoms with Crippen LogP contribution in [0, 0.1) is 0 Å². The number of hydrogen-bond donors (Lipinski definition) is 0. The van der Waals surface area contributed by atoms with Crippen LogP contribution in [0.4, 0.5) is 0 Å². The van der Waals surface area contributed by atoms with Gasteiger partial charge in [-0.15, -0.1) is 0 Å². The number of pyridine rings is 1. The Kier molecular flexibility index (Phi) is 3.90. The van der Waals surface area contributed by atoms with Gasteiger partial charge in [-0.3, -0.25) is 4.99 Å². The molecule has 0 fully saturated rings. The van der Waals surface area contributed by atoms with Crippen LogP contribution >= 0.6 is 11.6 Å². The minimum Gasteiger partial charge on any atom is -0.272 e. The van der Waals surface area contributed by atoms with Crippen molar-refractivity contribution in [1.82, 2.24) is 4.98 Å². The highest BCUT2D eigenvalue weighted by molar-refractivity contribution is 6.35. The highest BCUT2D eigenvalue weighted by atomic mass is 35.5. The maximum atomic E-state index is 6.27. The Morgan fingerprint density at radius 2 is 2.17 bits per heavy atom. The molecule has 0 atom stereocenters. The molecule has 0 saturated carbocycles. The minimum absolute atomic E-state index is 0.690. The topological polar surface area (TPSA) is 25.2 Å². The highest BCUT2D eigenvalue weighted by Crippen LogP contribution is 2.26. The van der Waals surface area contributed by atoms with Crippen molar-refractivity contribution < 1.29 is 0 Å². The molecule has 0 radical (unpaired) electrons. The van der Waals surface area contributed by atoms with Crippen LogP contribution < -0.4 is 0 Å². The van der Waals surface area contributed by atoms with E-state index in [4.69, 9.17) is 11.6 Å². The molecule has 2 aromatic rings. The molecule has 0 aliphatic carbocycles. The van der Waals surface area contributed by atoms with E-state index >= 15 is 0 Å². The molecular formula is C15H13ClN2. The number of aliphatic imine (C=N–C) groups is 1. The first-order valence-corrected chi connectivity index (χ1v) is 5.98. The SMILES string of the molecule is C=NC=C(C=CC)c1cc(Cl)c2ccccc2n1. The monoisotopic (exact) mass is 256 g/mol. The van der Waals surface area contributed by atoms with Crippen molar-refractivity contribution >= 4 is 34.8 Å². The van der Waals surface area contributed by atoms with Gasteiger partial charge in [0.1, 0.15) is 0 Å². The number of allylic oxidation sites excluding steroid dienone is 3. The Labute approximate surface area is 111 Å². The lowest BCUT2D eigenvalue weighted by Gasteiger charge is -2.05. The Bertz CT molecular complexity index is 642. The van der Waals surface area contributed by atoms with Gasteiger partial charge in [-0.05, 0) is 25.8 Å². The van der Waals surface area contributed by atoms with Crippen molar-refractivity contribution in [3.63, 3.8) is 0 Å². The second-order valence-electron chi connectivity index (χ2n) is 3.77. The van der Waals surface area contributed by atoms with Crippen molar-refractivity contribution in [2.24, 2.45) is 4.99 Å². The van der Waals surface area contributed by atoms with Gasteiger partial charge in [0.2, 0.25) is 0 Å². The average Bonchev–Trinajstić information content (AvgIpc) is 2.38. The quantitative estimate of drug-likeness (QED) is 0.586. The zero-order valence-corrected chi connectivity index (χ0v) is 10.9. The molecule has 0 amide bonds. The summed E-state index contributed by atoms with van der Waals surface area (Å²) in [5.41, 5.74) is 2.56. The normalized spacial score (nSPS) is 12.2. The maximum Gasteiger partial charge on any atom is 0.0739 e. The number of rotatable bonds is 3. The first-order valence-electron chi connectivity index (χ1n) is 5.60. The van der Waals surface area contributed by atoms with Crippen molar-refractivity contribution in [2.75, 3.05) is 0 Å². The summed E-state index contributed by atoms with van der Waals surface area (Å²) in [6, 6.07) is 9.64. The molecule has 3 heteroatoms. The summed E-state index contributed by atoms with van der Waals surface area (Å²) in [7, 11) is 0. The molecule has 0 spiro atoms. The summed E-state index contributed by atoms with van der Waals surface area (Å²) >= 11 is 6.27. The van der Waals surface area contributed by atoms with Gasteiger partial charge in [0.25, 0.3) is 0 Å². The predicted molar refractivity (Wildman–Crippen MR) is 79.1 cm³/mol. The number of hydrogen-bond acceptors (Lipinski definition) is 2. The molecule has 1 aromatic carbocycles. The molecule has 90 valence electrons. The summed E-state index contributed by atoms with van der Waals surface area (Å²) in [6.07, 6.45) is 5.54. The van der Waals surface area contributed by atoms with E-state index < -0.39 is 0 Å². The van der Waals surface area contributed by atoms with Crippen molar-refractivity contribution in [1.29, 1.82) is 0 Å². The van der Waals surface area contributed by atoms with Crippen LogP contribution in [0.25, 0.3) is 16.5 Å². The third kappa shape index (κ3) is 2.49. The van der Waals surface area contributed by atoms with E-state index in [2.05, 4.69) is 16.7 Å². The average molecular weight is 257 g/mol. The molecule has 0 N–H and O–H groups in total. The third-order valence-corrected chi connectivity index (χ3v) is 2.85. The highest BCUT2D eigenvalue weighted by Gasteiger charge is 2.05. The number of halogens is 1. The molecule has 0 bridgehead atoms. The van der Waals surface area contributed by atoms with E-state index in [1.807, 2.05) is 49.4 Å². The fourth-order valence-corrected chi connectivity index (χ4v) is 2.02. The van der Waals surface area contributed by atoms with Gasteiger partial charge in [0.05, 0.1) is 16.2 Å². The molecule has 1 aromatic heterocycles. The molecule has 2 rings (SSSR count). The Hall–Kier alpha value is -1.93. The molecular weight excluding hydrogens is 244 g/mol. The van der Waals surface area contributed by atoms with Crippen molar-refractivity contribution in [3.05, 3.63) is 59.4 Å². The maximum absolute atomic E-state index is 6.27. The summed E-state index contributed by atoms with van der Waals surface area (Å²) in [5, 5.41) is 1.64. The molecule has 1 heterocycles. The third-order valence-electron chi connectivity index (χ3n) is 2.54. The van der Waals surface area contributed by atoms with Crippen molar-refractivity contribution in [3.8, 4) is 0 Å². The van der Waals surface area contributed by atoms with E-state index in [1.54, 1.807) is 6.20 Å². The van der Waals surface area contributed by atoms with Crippen molar-refractivity contribution in [2.45, 2.75) is 6.92 Å². The first kappa shape index (κ1) is 12.5. The lowest BCUT2D eigenvalue weighted by Crippen LogP contribution is -1.89. The van der Waals surface area contributed by atoms with E-state index in [-0.39, 0.29) is 0 Å². The zero-order valence-electron chi connectivity index (χ0n) is 10.1. The van der Waals surface area contributed by atoms with Gasteiger partial charge >= 0.3 is 0 Å². The first-order chi connectivity index (χ1) is 8.76. The fourth-order valence-electron chi connectivity index (χ4n) is 1.75. The van der Waals surface area contributed by atoms with Gasteiger partial charge in [-0.2, -0.15) is 0 Å². The molecule has 0 unspecified atom stereocenters. The predicted octanol–water partition coefficient (Wildman–Crippen LogP) is 4.51. The second-order valence-corrected chi connectivity index (χ2v) is 4.18. The van der Waals surface area contributed by atoms with Crippen LogP contribution in [0.5, 0.6) is 0 Å². The standard InChI is InChI=1S/C15H13ClN2/c1-3-6-11(10-17-2)15-9-13(16)12-7-4-5-8-14(12)18-15/h3-10H,2H2,1H3. The zero-order chi connectivity index (χ0) is 13.0. The van der Waals surface area contributed by atoms with Crippen LogP contribution in [0.3, 0.4) is 0 Å². The smallest absolute Gasteiger partial charge is 0.0739 e. The van der Waals surface area contributed by atoms with Gasteiger partial charge in [-0.25, -0.2) is 4.98 Å². The van der Waals surface area contributed by atoms with Gasteiger partial charge in [0.15, 0.2) is 0 Å². The van der Waals surface area contributed by atoms with Crippen LogP contribution in [0.2, 0.25) is 5.02 Å². The molecule has 0 aliphatic heterocycles. The van der Waals surface area contributed by atoms with E-state index in [0.717, 1.165) is 22.2 Å². The number of nitrogens with zero attached hydrogens (tertiary/aromatic N) is 2. The summed E-state index contributed by atoms with van der Waals surface area (Å²) < 4.78 is 0. The second kappa shape index (κ2) is 5.61. The minimum atomic E-state index is 0.690. The Morgan fingerprint density at radius 1 is 1.39 bits per heavy atom. The van der Waals surface area contributed by atoms with Crippen LogP contribution in [0.1, 0.15) is 12.6 Å². The van der Waals surface area contributed by atoms with Gasteiger partial charge in [0, 0.05) is 17.2 Å². The Balaban J connectivity index is 2.65. The largest absolute Gasteiger partial charge is 0.272 e. The molecule has 2 nitrogen and oxygen atoms in total. The Morgan fingerprint density at radius 3 is 2.89 bits per heavy atom. The number of aromatic nitrogens is 1. The summed E-state index contributed by atoms with van der Waals surface area (Å²) in [4.78, 5) is 8.38. The summed E-state index contributed by atoms with van der Waals surface area (Å²) in [6.45, 7) is 5.42. The summed E-state index contributed by atoms with van der Waals surface area (Å²) in [5.74, 6) is 0. The van der Waals surface area contributed by atoms with E-state index in [0.29, 0.717) is 5.02 Å². The van der Waals surface area contributed by atoms with Gasteiger partial charge < -0.3 is 0 Å². The number of fused-ring (bicyclic) bond motifs is 1. The molecule has 0 aliphatic rings. The van der Waals surface area contributed by atoms with Gasteiger partial charge in [-0.1, -0.05) is 42.0 Å². The molecule has 18 heavy (non-hydrogen) atoms. The van der Waals surface area contributed by atoms with Crippen LogP contribution in [-0.2, 0) is 0 Å². The molecule has 0 saturated heterocycles. The van der Waals surface area contributed by atoms with Crippen LogP contribution in [-0.4, -0.2) is 11.7 Å². The fraction of sp³-hybridized carbons (Fsp3) is 0.0667. The number of benzene rings is 1. The van der Waals surface area contributed by atoms with E-state index in [1.165, 1.54) is 0 Å². The van der Waals surface area contributed by atoms with Crippen LogP contribution in [0.15, 0.2) is 53.7 Å². The number of para-hydroxylation sites is 1. The van der Waals surface area contributed by atoms with E-state index in [9.17, 15) is 0 Å². The lowest BCUT2D eigenvalue weighted by atomic mass is 10.1. The lowest BCUT2D eigenvalue weighted by molar-refractivity contribution is 1.34.